The van der Waals surface area contributed by atoms with Gasteiger partial charge in [-0.25, -0.2) is 0 Å². The van der Waals surface area contributed by atoms with E-state index < -0.39 is 24.0 Å². The minimum absolute atomic E-state index is 0.0812. The number of nitrogens with zero attached hydrogens (tertiary/aromatic N) is 1. The first-order valence-corrected chi connectivity index (χ1v) is 13.3. The van der Waals surface area contributed by atoms with E-state index in [0.29, 0.717) is 30.8 Å². The van der Waals surface area contributed by atoms with Crippen molar-refractivity contribution in [1.82, 2.24) is 10.2 Å². The van der Waals surface area contributed by atoms with Gasteiger partial charge in [0.2, 0.25) is 11.8 Å². The molecule has 2 unspecified atom stereocenters. The maximum Gasteiger partial charge on any atom is 0.323 e. The van der Waals surface area contributed by atoms with Gasteiger partial charge in [0.25, 0.3) is 0 Å². The summed E-state index contributed by atoms with van der Waals surface area (Å²) in [5.74, 6) is -0.119. The van der Waals surface area contributed by atoms with Crippen molar-refractivity contribution < 1.29 is 28.6 Å². The summed E-state index contributed by atoms with van der Waals surface area (Å²) in [6, 6.07) is 12.0. The zero-order chi connectivity index (χ0) is 28.7. The van der Waals surface area contributed by atoms with Gasteiger partial charge in [-0.3, -0.25) is 24.6 Å². The predicted octanol–water partition coefficient (Wildman–Crippen LogP) is 4.71. The Balaban J connectivity index is 0.00000352. The summed E-state index contributed by atoms with van der Waals surface area (Å²) >= 11 is 0. The molecule has 1 N–H and O–H groups in total. The van der Waals surface area contributed by atoms with E-state index in [1.807, 2.05) is 57.2 Å². The number of rotatable bonds is 13. The molecule has 2 aromatic rings. The van der Waals surface area contributed by atoms with Gasteiger partial charge in [-0.2, -0.15) is 0 Å². The van der Waals surface area contributed by atoms with Gasteiger partial charge in [0.15, 0.2) is 11.5 Å². The van der Waals surface area contributed by atoms with Gasteiger partial charge in [0.1, 0.15) is 6.04 Å². The standard InChI is InChI=1S/C28H38N2O6.C2H6/c1-7-22-16-25(34-5)26(35-6)17-23(22)18-30(20(4)31)27(32)19(3)29-24(28(33)36-8-2)15-14-21-12-10-9-11-13-21;1-2/h9-13,16-17,19,24,29H,7-8,14-15,18H2,1-6H3;1-2H3. The molecule has 0 radical (unpaired) electrons. The second kappa shape index (κ2) is 17.2. The topological polar surface area (TPSA) is 94.2 Å². The molecule has 0 aliphatic carbocycles. The van der Waals surface area contributed by atoms with Crippen LogP contribution >= 0.6 is 0 Å². The fraction of sp³-hybridized carbons (Fsp3) is 0.500. The molecule has 0 aliphatic rings. The largest absolute Gasteiger partial charge is 0.493 e. The Labute approximate surface area is 227 Å². The molecule has 2 atom stereocenters. The Morgan fingerprint density at radius 1 is 0.947 bits per heavy atom. The summed E-state index contributed by atoms with van der Waals surface area (Å²) in [7, 11) is 3.10. The van der Waals surface area contributed by atoms with E-state index in [9.17, 15) is 14.4 Å². The van der Waals surface area contributed by atoms with E-state index in [1.165, 1.54) is 18.9 Å². The van der Waals surface area contributed by atoms with E-state index >= 15 is 0 Å². The summed E-state index contributed by atoms with van der Waals surface area (Å²) in [6.07, 6.45) is 1.78. The Morgan fingerprint density at radius 2 is 1.53 bits per heavy atom. The second-order valence-corrected chi connectivity index (χ2v) is 8.49. The van der Waals surface area contributed by atoms with E-state index in [2.05, 4.69) is 5.32 Å². The van der Waals surface area contributed by atoms with Gasteiger partial charge in [-0.15, -0.1) is 0 Å². The molecule has 0 saturated carbocycles. The quantitative estimate of drug-likeness (QED) is 0.376. The highest BCUT2D eigenvalue weighted by Gasteiger charge is 2.29. The molecular weight excluding hydrogens is 484 g/mol. The number of nitrogens with one attached hydrogen (secondary N) is 1. The molecule has 210 valence electrons. The Hall–Kier alpha value is -3.39. The fourth-order valence-electron chi connectivity index (χ4n) is 4.03. The molecule has 0 fully saturated rings. The number of carbonyl (C=O) groups is 3. The number of ether oxygens (including phenoxy) is 3. The van der Waals surface area contributed by atoms with Crippen molar-refractivity contribution in [3.05, 3.63) is 59.2 Å². The van der Waals surface area contributed by atoms with Crippen molar-refractivity contribution in [1.29, 1.82) is 0 Å². The van der Waals surface area contributed by atoms with Crippen LogP contribution in [0.25, 0.3) is 0 Å². The normalized spacial score (nSPS) is 11.9. The number of aryl methyl sites for hydroxylation is 2. The number of methoxy groups -OCH3 is 2. The lowest BCUT2D eigenvalue weighted by atomic mass is 10.0. The van der Waals surface area contributed by atoms with Crippen LogP contribution in [0.15, 0.2) is 42.5 Å². The summed E-state index contributed by atoms with van der Waals surface area (Å²) in [5.41, 5.74) is 2.81. The highest BCUT2D eigenvalue weighted by molar-refractivity contribution is 5.97. The summed E-state index contributed by atoms with van der Waals surface area (Å²) in [6.45, 7) is 11.1. The molecule has 8 heteroatoms. The van der Waals surface area contributed by atoms with Crippen molar-refractivity contribution in [2.45, 2.75) is 79.4 Å². The van der Waals surface area contributed by atoms with Crippen molar-refractivity contribution in [3.8, 4) is 11.5 Å². The lowest BCUT2D eigenvalue weighted by molar-refractivity contribution is -0.147. The third-order valence-electron chi connectivity index (χ3n) is 6.02. The van der Waals surface area contributed by atoms with E-state index in [4.69, 9.17) is 14.2 Å². The van der Waals surface area contributed by atoms with E-state index in [1.54, 1.807) is 27.0 Å². The highest BCUT2D eigenvalue weighted by atomic mass is 16.5. The van der Waals surface area contributed by atoms with Crippen molar-refractivity contribution >= 4 is 17.8 Å². The molecule has 0 saturated heterocycles. The summed E-state index contributed by atoms with van der Waals surface area (Å²) in [4.78, 5) is 39.7. The predicted molar refractivity (Wildman–Crippen MR) is 149 cm³/mol. The molecule has 38 heavy (non-hydrogen) atoms. The zero-order valence-electron chi connectivity index (χ0n) is 24.1. The number of esters is 1. The molecule has 2 aromatic carbocycles. The number of imide groups is 1. The summed E-state index contributed by atoms with van der Waals surface area (Å²) < 4.78 is 16.0. The van der Waals surface area contributed by atoms with Crippen LogP contribution in [0.4, 0.5) is 0 Å². The van der Waals surface area contributed by atoms with Gasteiger partial charge < -0.3 is 14.2 Å². The molecule has 8 nitrogen and oxygen atoms in total. The average Bonchev–Trinajstić information content (AvgIpc) is 2.94. The first-order chi connectivity index (χ1) is 18.2. The first-order valence-electron chi connectivity index (χ1n) is 13.3. The van der Waals surface area contributed by atoms with Crippen molar-refractivity contribution in [2.24, 2.45) is 0 Å². The Morgan fingerprint density at radius 3 is 2.03 bits per heavy atom. The molecular formula is C30H44N2O6. The van der Waals surface area contributed by atoms with Gasteiger partial charge in [-0.1, -0.05) is 51.1 Å². The number of hydrogen-bond donors (Lipinski definition) is 1. The molecule has 0 aromatic heterocycles. The van der Waals surface area contributed by atoms with Gasteiger partial charge in [0, 0.05) is 6.92 Å². The molecule has 0 spiro atoms. The highest BCUT2D eigenvalue weighted by Crippen LogP contribution is 2.31. The maximum atomic E-state index is 13.4. The second-order valence-electron chi connectivity index (χ2n) is 8.49. The van der Waals surface area contributed by atoms with Crippen LogP contribution in [0.1, 0.15) is 64.7 Å². The Kier molecular flexibility index (Phi) is 14.8. The van der Waals surface area contributed by atoms with Crippen LogP contribution in [0.2, 0.25) is 0 Å². The average molecular weight is 529 g/mol. The number of benzene rings is 2. The lowest BCUT2D eigenvalue weighted by Crippen LogP contribution is -2.52. The van der Waals surface area contributed by atoms with Crippen LogP contribution in [0.5, 0.6) is 11.5 Å². The lowest BCUT2D eigenvalue weighted by Gasteiger charge is -2.27. The minimum atomic E-state index is -0.788. The SMILES string of the molecule is CC.CCOC(=O)C(CCc1ccccc1)NC(C)C(=O)N(Cc1cc(OC)c(OC)cc1CC)C(C)=O. The van der Waals surface area contributed by atoms with E-state index in [0.717, 1.165) is 16.7 Å². The van der Waals surface area contributed by atoms with Crippen molar-refractivity contribution in [2.75, 3.05) is 20.8 Å². The molecule has 0 aliphatic heterocycles. The smallest absolute Gasteiger partial charge is 0.323 e. The van der Waals surface area contributed by atoms with Crippen LogP contribution in [0, 0.1) is 0 Å². The number of hydrogen-bond acceptors (Lipinski definition) is 7. The van der Waals surface area contributed by atoms with Crippen molar-refractivity contribution in [3.63, 3.8) is 0 Å². The van der Waals surface area contributed by atoms with Crippen LogP contribution in [0.3, 0.4) is 0 Å². The maximum absolute atomic E-state index is 13.4. The third kappa shape index (κ3) is 9.49. The van der Waals surface area contributed by atoms with E-state index in [-0.39, 0.29) is 19.1 Å². The van der Waals surface area contributed by atoms with Crippen LogP contribution in [-0.4, -0.2) is 55.6 Å². The van der Waals surface area contributed by atoms with Gasteiger partial charge in [0.05, 0.1) is 33.4 Å². The Bertz CT molecular complexity index is 1020. The molecule has 0 bridgehead atoms. The van der Waals surface area contributed by atoms with Gasteiger partial charge >= 0.3 is 5.97 Å². The third-order valence-corrected chi connectivity index (χ3v) is 6.02. The minimum Gasteiger partial charge on any atom is -0.493 e. The number of carbonyl (C=O) groups excluding carboxylic acids is 3. The first kappa shape index (κ1) is 32.6. The molecule has 0 heterocycles. The van der Waals surface area contributed by atoms with Crippen LogP contribution in [-0.2, 0) is 38.5 Å². The summed E-state index contributed by atoms with van der Waals surface area (Å²) in [5, 5.41) is 3.10. The molecule has 2 rings (SSSR count). The molecule has 2 amide bonds. The number of amides is 2. The fourth-order valence-corrected chi connectivity index (χ4v) is 4.03. The van der Waals surface area contributed by atoms with Crippen LogP contribution < -0.4 is 14.8 Å². The zero-order valence-corrected chi connectivity index (χ0v) is 24.1. The monoisotopic (exact) mass is 528 g/mol. The van der Waals surface area contributed by atoms with Gasteiger partial charge in [-0.05, 0) is 61.9 Å².